The molecule has 0 radical (unpaired) electrons. The molecule has 3 N–H and O–H groups in total. The number of urea groups is 1. The zero-order valence-electron chi connectivity index (χ0n) is 11.1. The maximum Gasteiger partial charge on any atom is 0.320 e. The van der Waals surface area contributed by atoms with Gasteiger partial charge >= 0.3 is 6.03 Å². The number of hydrogen-bond donors (Lipinski definition) is 2. The van der Waals surface area contributed by atoms with Crippen LogP contribution in [0.1, 0.15) is 5.56 Å². The first kappa shape index (κ1) is 14.3. The lowest BCUT2D eigenvalue weighted by molar-refractivity contribution is -0.116. The van der Waals surface area contributed by atoms with Crippen molar-refractivity contribution in [2.24, 2.45) is 5.73 Å². The molecule has 1 aromatic carbocycles. The molecule has 0 spiro atoms. The summed E-state index contributed by atoms with van der Waals surface area (Å²) in [6, 6.07) is 6.86. The lowest BCUT2D eigenvalue weighted by Crippen LogP contribution is -2.36. The van der Waals surface area contributed by atoms with Crippen molar-refractivity contribution in [1.82, 2.24) is 9.80 Å². The van der Waals surface area contributed by atoms with Crippen LogP contribution >= 0.6 is 12.2 Å². The summed E-state index contributed by atoms with van der Waals surface area (Å²) in [5.41, 5.74) is 6.84. The third-order valence-electron chi connectivity index (χ3n) is 3.07. The Balaban J connectivity index is 1.96. The minimum Gasteiger partial charge on any atom is -0.389 e. The van der Waals surface area contributed by atoms with Crippen molar-refractivity contribution in [3.63, 3.8) is 0 Å². The number of nitrogens with one attached hydrogen (secondary N) is 1. The molecule has 1 aliphatic rings. The van der Waals surface area contributed by atoms with Crippen LogP contribution in [0.3, 0.4) is 0 Å². The second-order valence-corrected chi connectivity index (χ2v) is 5.06. The van der Waals surface area contributed by atoms with Crippen LogP contribution < -0.4 is 11.1 Å². The van der Waals surface area contributed by atoms with E-state index in [0.717, 1.165) is 0 Å². The van der Waals surface area contributed by atoms with Crippen LogP contribution in [0.4, 0.5) is 10.5 Å². The fraction of sp³-hybridized carbons (Fsp3) is 0.308. The van der Waals surface area contributed by atoms with Gasteiger partial charge in [-0.05, 0) is 12.1 Å². The van der Waals surface area contributed by atoms with E-state index in [4.69, 9.17) is 18.0 Å². The van der Waals surface area contributed by atoms with Gasteiger partial charge in [0.15, 0.2) is 0 Å². The summed E-state index contributed by atoms with van der Waals surface area (Å²) in [6.45, 7) is 1.25. The highest BCUT2D eigenvalue weighted by molar-refractivity contribution is 7.80. The highest BCUT2D eigenvalue weighted by Crippen LogP contribution is 2.11. The number of anilines is 1. The Kier molecular flexibility index (Phi) is 4.19. The first-order valence-corrected chi connectivity index (χ1v) is 6.58. The first-order chi connectivity index (χ1) is 9.47. The van der Waals surface area contributed by atoms with Crippen molar-refractivity contribution in [3.8, 4) is 0 Å². The molecule has 0 aliphatic carbocycles. The van der Waals surface area contributed by atoms with Crippen LogP contribution in [0, 0.1) is 0 Å². The highest BCUT2D eigenvalue weighted by Gasteiger charge is 2.26. The van der Waals surface area contributed by atoms with E-state index in [1.165, 1.54) is 4.90 Å². The predicted molar refractivity (Wildman–Crippen MR) is 80.6 cm³/mol. The van der Waals surface area contributed by atoms with Crippen molar-refractivity contribution < 1.29 is 9.59 Å². The summed E-state index contributed by atoms with van der Waals surface area (Å²) in [7, 11) is 1.71. The van der Waals surface area contributed by atoms with Gasteiger partial charge in [-0.3, -0.25) is 4.79 Å². The molecule has 0 unspecified atom stereocenters. The van der Waals surface area contributed by atoms with Gasteiger partial charge in [0.2, 0.25) is 5.91 Å². The van der Waals surface area contributed by atoms with Crippen LogP contribution in [0.2, 0.25) is 0 Å². The summed E-state index contributed by atoms with van der Waals surface area (Å²) < 4.78 is 0. The summed E-state index contributed by atoms with van der Waals surface area (Å²) in [5, 5.41) is 2.73. The molecule has 0 bridgehead atoms. The van der Waals surface area contributed by atoms with Crippen LogP contribution in [0.25, 0.3) is 0 Å². The maximum absolute atomic E-state index is 11.9. The Morgan fingerprint density at radius 3 is 2.80 bits per heavy atom. The van der Waals surface area contributed by atoms with E-state index in [1.54, 1.807) is 36.2 Å². The van der Waals surface area contributed by atoms with Gasteiger partial charge in [0.1, 0.15) is 11.5 Å². The monoisotopic (exact) mass is 292 g/mol. The molecule has 1 heterocycles. The molecule has 1 aromatic rings. The molecule has 0 saturated carbocycles. The lowest BCUT2D eigenvalue weighted by Gasteiger charge is -2.15. The van der Waals surface area contributed by atoms with Gasteiger partial charge in [0.25, 0.3) is 0 Å². The summed E-state index contributed by atoms with van der Waals surface area (Å²) in [6.07, 6.45) is 0. The van der Waals surface area contributed by atoms with Gasteiger partial charge in [-0.25, -0.2) is 4.79 Å². The highest BCUT2D eigenvalue weighted by atomic mass is 32.1. The number of hydrogen-bond acceptors (Lipinski definition) is 3. The van der Waals surface area contributed by atoms with Gasteiger partial charge in [0.05, 0.1) is 0 Å². The minimum atomic E-state index is -0.242. The zero-order valence-corrected chi connectivity index (χ0v) is 11.9. The van der Waals surface area contributed by atoms with E-state index >= 15 is 0 Å². The van der Waals surface area contributed by atoms with Crippen LogP contribution in [0.5, 0.6) is 0 Å². The summed E-state index contributed by atoms with van der Waals surface area (Å²) in [5.74, 6) is -0.242. The molecular formula is C13H16N4O2S. The molecule has 3 amide bonds. The number of amides is 3. The SMILES string of the molecule is CN1CCN(CC(=O)Nc2cccc(C(N)=S)c2)C1=O. The summed E-state index contributed by atoms with van der Waals surface area (Å²) in [4.78, 5) is 27.0. The molecular weight excluding hydrogens is 276 g/mol. The zero-order chi connectivity index (χ0) is 14.7. The molecule has 7 heteroatoms. The lowest BCUT2D eigenvalue weighted by atomic mass is 10.2. The molecule has 1 aliphatic heterocycles. The van der Waals surface area contributed by atoms with Crippen LogP contribution in [-0.4, -0.2) is 53.4 Å². The van der Waals surface area contributed by atoms with E-state index in [0.29, 0.717) is 24.3 Å². The van der Waals surface area contributed by atoms with E-state index in [1.807, 2.05) is 0 Å². The fourth-order valence-corrected chi connectivity index (χ4v) is 2.10. The Morgan fingerprint density at radius 2 is 2.20 bits per heavy atom. The number of nitrogens with two attached hydrogens (primary N) is 1. The first-order valence-electron chi connectivity index (χ1n) is 6.17. The topological polar surface area (TPSA) is 78.7 Å². The van der Waals surface area contributed by atoms with E-state index in [9.17, 15) is 9.59 Å². The number of nitrogens with zero attached hydrogens (tertiary/aromatic N) is 2. The average molecular weight is 292 g/mol. The van der Waals surface area contributed by atoms with E-state index in [-0.39, 0.29) is 23.5 Å². The maximum atomic E-state index is 11.9. The van der Waals surface area contributed by atoms with E-state index < -0.39 is 0 Å². The molecule has 1 fully saturated rings. The number of benzene rings is 1. The Labute approximate surface area is 122 Å². The summed E-state index contributed by atoms with van der Waals surface area (Å²) >= 11 is 4.89. The third-order valence-corrected chi connectivity index (χ3v) is 3.30. The second kappa shape index (κ2) is 5.87. The molecule has 1 saturated heterocycles. The van der Waals surface area contributed by atoms with Crippen molar-refractivity contribution in [2.45, 2.75) is 0 Å². The van der Waals surface area contributed by atoms with Crippen LogP contribution in [0.15, 0.2) is 24.3 Å². The Bertz CT molecular complexity index is 561. The van der Waals surface area contributed by atoms with Gasteiger partial charge in [-0.2, -0.15) is 0 Å². The third kappa shape index (κ3) is 3.24. The van der Waals surface area contributed by atoms with Crippen LogP contribution in [-0.2, 0) is 4.79 Å². The van der Waals surface area contributed by atoms with Gasteiger partial charge < -0.3 is 20.9 Å². The number of likely N-dealkylation sites (N-methyl/N-ethyl adjacent to an activating group) is 1. The number of carbonyl (C=O) groups excluding carboxylic acids is 2. The largest absolute Gasteiger partial charge is 0.389 e. The quantitative estimate of drug-likeness (QED) is 0.798. The van der Waals surface area contributed by atoms with Gasteiger partial charge in [-0.1, -0.05) is 24.4 Å². The standard InChI is InChI=1S/C13H16N4O2S/c1-16-5-6-17(13(16)19)8-11(18)15-10-4-2-3-9(7-10)12(14)20/h2-4,7H,5-6,8H2,1H3,(H2,14,20)(H,15,18). The van der Waals surface area contributed by atoms with Crippen molar-refractivity contribution in [2.75, 3.05) is 32.0 Å². The Hall–Kier alpha value is -2.15. The molecule has 6 nitrogen and oxygen atoms in total. The molecule has 0 atom stereocenters. The predicted octanol–water partition coefficient (Wildman–Crippen LogP) is 0.627. The molecule has 20 heavy (non-hydrogen) atoms. The number of carbonyl (C=O) groups is 2. The van der Waals surface area contributed by atoms with Gasteiger partial charge in [-0.15, -0.1) is 0 Å². The van der Waals surface area contributed by atoms with Crippen molar-refractivity contribution in [3.05, 3.63) is 29.8 Å². The number of thiocarbonyl (C=S) groups is 1. The molecule has 2 rings (SSSR count). The molecule has 106 valence electrons. The fourth-order valence-electron chi connectivity index (χ4n) is 1.97. The van der Waals surface area contributed by atoms with Crippen molar-refractivity contribution >= 4 is 34.8 Å². The normalized spacial score (nSPS) is 14.6. The van der Waals surface area contributed by atoms with E-state index in [2.05, 4.69) is 5.32 Å². The second-order valence-electron chi connectivity index (χ2n) is 4.62. The Morgan fingerprint density at radius 1 is 1.45 bits per heavy atom. The number of rotatable bonds is 4. The van der Waals surface area contributed by atoms with Crippen molar-refractivity contribution in [1.29, 1.82) is 0 Å². The van der Waals surface area contributed by atoms with Gasteiger partial charge in [0, 0.05) is 31.4 Å². The minimum absolute atomic E-state index is 0.0421. The smallest absolute Gasteiger partial charge is 0.320 e. The molecule has 0 aromatic heterocycles. The average Bonchev–Trinajstić information content (AvgIpc) is 2.71.